The molecule has 1 saturated heterocycles. The van der Waals surface area contributed by atoms with Crippen LogP contribution in [0.25, 0.3) is 11.3 Å². The Morgan fingerprint density at radius 1 is 1.14 bits per heavy atom. The van der Waals surface area contributed by atoms with Gasteiger partial charge in [0.1, 0.15) is 11.6 Å². The fourth-order valence-electron chi connectivity index (χ4n) is 3.04. The Labute approximate surface area is 165 Å². The van der Waals surface area contributed by atoms with Crippen molar-refractivity contribution >= 4 is 28.2 Å². The molecule has 28 heavy (non-hydrogen) atoms. The lowest BCUT2D eigenvalue weighted by molar-refractivity contribution is -0.117. The minimum Gasteiger partial charge on any atom is -0.353 e. The lowest BCUT2D eigenvalue weighted by atomic mass is 10.2. The van der Waals surface area contributed by atoms with E-state index in [2.05, 4.69) is 30.1 Å². The number of nitrogens with one attached hydrogen (secondary N) is 1. The van der Waals surface area contributed by atoms with Gasteiger partial charge in [0.2, 0.25) is 5.91 Å². The molecule has 2 aromatic heterocycles. The Hall–Kier alpha value is -2.91. The van der Waals surface area contributed by atoms with Gasteiger partial charge in [0.05, 0.1) is 18.4 Å². The summed E-state index contributed by atoms with van der Waals surface area (Å²) < 4.78 is 13.0. The van der Waals surface area contributed by atoms with Gasteiger partial charge in [-0.05, 0) is 24.3 Å². The lowest BCUT2D eigenvalue weighted by Gasteiger charge is -2.34. The number of rotatable bonds is 5. The molecule has 0 bridgehead atoms. The molecule has 0 radical (unpaired) electrons. The van der Waals surface area contributed by atoms with Crippen LogP contribution in [-0.2, 0) is 4.79 Å². The van der Waals surface area contributed by atoms with Gasteiger partial charge in [-0.15, -0.1) is 11.3 Å². The zero-order valence-electron chi connectivity index (χ0n) is 15.1. The Morgan fingerprint density at radius 3 is 2.64 bits per heavy atom. The van der Waals surface area contributed by atoms with E-state index < -0.39 is 0 Å². The van der Waals surface area contributed by atoms with E-state index >= 15 is 0 Å². The average Bonchev–Trinajstić information content (AvgIpc) is 3.18. The number of amides is 1. The molecule has 3 heterocycles. The number of carbonyl (C=O) groups excluding carboxylic acids is 1. The van der Waals surface area contributed by atoms with Gasteiger partial charge in [-0.1, -0.05) is 0 Å². The molecule has 0 aliphatic carbocycles. The summed E-state index contributed by atoms with van der Waals surface area (Å²) in [5.74, 6) is 0.489. The maximum Gasteiger partial charge on any atom is 0.240 e. The van der Waals surface area contributed by atoms with E-state index in [-0.39, 0.29) is 11.7 Å². The highest BCUT2D eigenvalue weighted by molar-refractivity contribution is 7.14. The number of benzene rings is 1. The third-order valence-corrected chi connectivity index (χ3v) is 5.26. The molecule has 1 amide bonds. The Balaban J connectivity index is 1.28. The van der Waals surface area contributed by atoms with Gasteiger partial charge >= 0.3 is 0 Å². The van der Waals surface area contributed by atoms with Crippen LogP contribution >= 0.6 is 11.3 Å². The van der Waals surface area contributed by atoms with Crippen LogP contribution in [0.5, 0.6) is 0 Å². The number of anilines is 2. The maximum atomic E-state index is 13.0. The van der Waals surface area contributed by atoms with Gasteiger partial charge in [-0.2, -0.15) is 0 Å². The van der Waals surface area contributed by atoms with E-state index in [1.165, 1.54) is 23.5 Å². The fourth-order valence-corrected chi connectivity index (χ4v) is 3.77. The first-order valence-electron chi connectivity index (χ1n) is 8.92. The summed E-state index contributed by atoms with van der Waals surface area (Å²) in [5, 5.41) is 5.24. The van der Waals surface area contributed by atoms with Crippen molar-refractivity contribution in [1.82, 2.24) is 19.9 Å². The molecule has 1 fully saturated rings. The summed E-state index contributed by atoms with van der Waals surface area (Å²) in [7, 11) is 0. The van der Waals surface area contributed by atoms with Crippen molar-refractivity contribution < 1.29 is 9.18 Å². The summed E-state index contributed by atoms with van der Waals surface area (Å²) in [6, 6.07) is 6.14. The van der Waals surface area contributed by atoms with Crippen LogP contribution in [0.1, 0.15) is 0 Å². The molecule has 1 aliphatic heterocycles. The van der Waals surface area contributed by atoms with Gasteiger partial charge < -0.3 is 10.2 Å². The predicted molar refractivity (Wildman–Crippen MR) is 107 cm³/mol. The first kappa shape index (κ1) is 18.5. The Morgan fingerprint density at radius 2 is 1.93 bits per heavy atom. The second kappa shape index (κ2) is 8.41. The van der Waals surface area contributed by atoms with Crippen molar-refractivity contribution in [2.24, 2.45) is 0 Å². The van der Waals surface area contributed by atoms with Gasteiger partial charge in [-0.3, -0.25) is 14.7 Å². The number of thiazole rings is 1. The number of nitrogens with zero attached hydrogens (tertiary/aromatic N) is 5. The van der Waals surface area contributed by atoms with Gasteiger partial charge in [0.25, 0.3) is 0 Å². The highest BCUT2D eigenvalue weighted by Crippen LogP contribution is 2.25. The standard InChI is InChI=1S/C19H19FN6OS/c20-15-3-1-14(2-4-15)16-13-28-19(23-16)24-18(27)12-25-7-9-26(10-8-25)17-11-21-5-6-22-17/h1-6,11,13H,7-10,12H2,(H,23,24,27). The predicted octanol–water partition coefficient (Wildman–Crippen LogP) is 2.50. The van der Waals surface area contributed by atoms with Crippen molar-refractivity contribution in [3.63, 3.8) is 0 Å². The van der Waals surface area contributed by atoms with E-state index in [0.717, 1.165) is 43.3 Å². The Bertz CT molecular complexity index is 925. The number of piperazine rings is 1. The van der Waals surface area contributed by atoms with Crippen molar-refractivity contribution in [2.45, 2.75) is 0 Å². The van der Waals surface area contributed by atoms with Crippen LogP contribution in [0.2, 0.25) is 0 Å². The molecular weight excluding hydrogens is 379 g/mol. The first-order chi connectivity index (χ1) is 13.7. The van der Waals surface area contributed by atoms with Gasteiger partial charge in [0, 0.05) is 49.5 Å². The van der Waals surface area contributed by atoms with Crippen molar-refractivity contribution in [3.8, 4) is 11.3 Å². The second-order valence-corrected chi connectivity index (χ2v) is 7.28. The van der Waals surface area contributed by atoms with Gasteiger partial charge in [0.15, 0.2) is 5.13 Å². The van der Waals surface area contributed by atoms with Crippen LogP contribution in [0.4, 0.5) is 15.3 Å². The summed E-state index contributed by atoms with van der Waals surface area (Å²) in [5.41, 5.74) is 1.54. The summed E-state index contributed by atoms with van der Waals surface area (Å²) in [6.45, 7) is 3.49. The van der Waals surface area contributed by atoms with Crippen LogP contribution in [-0.4, -0.2) is 58.5 Å². The SMILES string of the molecule is O=C(CN1CCN(c2cnccn2)CC1)Nc1nc(-c2ccc(F)cc2)cs1. The third-order valence-electron chi connectivity index (χ3n) is 4.50. The molecule has 4 rings (SSSR count). The molecule has 1 aromatic carbocycles. The van der Waals surface area contributed by atoms with E-state index in [9.17, 15) is 9.18 Å². The second-order valence-electron chi connectivity index (χ2n) is 6.42. The third kappa shape index (κ3) is 4.49. The molecule has 0 unspecified atom stereocenters. The molecule has 7 nitrogen and oxygen atoms in total. The molecule has 1 N–H and O–H groups in total. The zero-order chi connectivity index (χ0) is 19.3. The normalized spacial score (nSPS) is 14.8. The lowest BCUT2D eigenvalue weighted by Crippen LogP contribution is -2.48. The van der Waals surface area contributed by atoms with Gasteiger partial charge in [-0.25, -0.2) is 14.4 Å². The summed E-state index contributed by atoms with van der Waals surface area (Å²) in [6.07, 6.45) is 5.09. The Kier molecular flexibility index (Phi) is 5.54. The zero-order valence-corrected chi connectivity index (χ0v) is 15.9. The van der Waals surface area contributed by atoms with E-state index in [1.807, 2.05) is 5.38 Å². The smallest absolute Gasteiger partial charge is 0.240 e. The molecule has 144 valence electrons. The molecule has 0 spiro atoms. The largest absolute Gasteiger partial charge is 0.353 e. The number of halogens is 1. The number of hydrogen-bond acceptors (Lipinski definition) is 7. The monoisotopic (exact) mass is 398 g/mol. The van der Waals surface area contributed by atoms with Crippen LogP contribution in [0.3, 0.4) is 0 Å². The minimum absolute atomic E-state index is 0.0899. The summed E-state index contributed by atoms with van der Waals surface area (Å²) >= 11 is 1.36. The topological polar surface area (TPSA) is 74.2 Å². The molecular formula is C19H19FN6OS. The highest BCUT2D eigenvalue weighted by atomic mass is 32.1. The van der Waals surface area contributed by atoms with Crippen LogP contribution < -0.4 is 10.2 Å². The van der Waals surface area contributed by atoms with Crippen molar-refractivity contribution in [1.29, 1.82) is 0 Å². The van der Waals surface area contributed by atoms with E-state index in [0.29, 0.717) is 11.7 Å². The summed E-state index contributed by atoms with van der Waals surface area (Å²) in [4.78, 5) is 29.5. The molecule has 0 atom stereocenters. The molecule has 0 saturated carbocycles. The number of carbonyl (C=O) groups is 1. The van der Waals surface area contributed by atoms with Crippen molar-refractivity contribution in [3.05, 3.63) is 54.1 Å². The van der Waals surface area contributed by atoms with Crippen LogP contribution in [0, 0.1) is 5.82 Å². The van der Waals surface area contributed by atoms with Crippen LogP contribution in [0.15, 0.2) is 48.2 Å². The highest BCUT2D eigenvalue weighted by Gasteiger charge is 2.20. The molecule has 1 aliphatic rings. The number of aromatic nitrogens is 3. The van der Waals surface area contributed by atoms with E-state index in [1.54, 1.807) is 30.7 Å². The van der Waals surface area contributed by atoms with Crippen molar-refractivity contribution in [2.75, 3.05) is 42.9 Å². The fraction of sp³-hybridized carbons (Fsp3) is 0.263. The molecule has 9 heteroatoms. The number of hydrogen-bond donors (Lipinski definition) is 1. The maximum absolute atomic E-state index is 13.0. The molecule has 3 aromatic rings. The average molecular weight is 398 g/mol. The quantitative estimate of drug-likeness (QED) is 0.712. The minimum atomic E-state index is -0.285. The first-order valence-corrected chi connectivity index (χ1v) is 9.80. The van der Waals surface area contributed by atoms with E-state index in [4.69, 9.17) is 0 Å².